The number of hydrogen-bond acceptors (Lipinski definition) is 4. The highest BCUT2D eigenvalue weighted by Crippen LogP contribution is 2.43. The minimum Gasteiger partial charge on any atom is -0.480 e. The van der Waals surface area contributed by atoms with Crippen LogP contribution >= 0.6 is 11.8 Å². The van der Waals surface area contributed by atoms with E-state index in [2.05, 4.69) is 0 Å². The van der Waals surface area contributed by atoms with Crippen LogP contribution in [0.4, 0.5) is 0 Å². The molecule has 1 N–H and O–H groups in total. The summed E-state index contributed by atoms with van der Waals surface area (Å²) in [7, 11) is 0. The van der Waals surface area contributed by atoms with Gasteiger partial charge in [-0.25, -0.2) is 4.79 Å². The highest BCUT2D eigenvalue weighted by Gasteiger charge is 2.49. The Morgan fingerprint density at radius 3 is 2.38 bits per heavy atom. The Bertz CT molecular complexity index is 662. The Balaban J connectivity index is 1.54. The molecule has 1 atom stereocenters. The summed E-state index contributed by atoms with van der Waals surface area (Å²) in [5.74, 6) is -0.597. The lowest BCUT2D eigenvalue weighted by Crippen LogP contribution is -2.45. The van der Waals surface area contributed by atoms with Crippen molar-refractivity contribution >= 4 is 29.5 Å². The van der Waals surface area contributed by atoms with Crippen LogP contribution in [0.2, 0.25) is 0 Å². The zero-order valence-electron chi connectivity index (χ0n) is 14.9. The molecule has 6 nitrogen and oxygen atoms in total. The van der Waals surface area contributed by atoms with Crippen molar-refractivity contribution in [2.24, 2.45) is 5.41 Å². The first kappa shape index (κ1) is 18.8. The molecule has 1 aromatic rings. The molecule has 2 heterocycles. The molecule has 26 heavy (non-hydrogen) atoms. The molecule has 0 aromatic heterocycles. The van der Waals surface area contributed by atoms with Crippen LogP contribution in [0.3, 0.4) is 0 Å². The van der Waals surface area contributed by atoms with Gasteiger partial charge in [0.05, 0.1) is 5.75 Å². The van der Waals surface area contributed by atoms with Gasteiger partial charge in [-0.05, 0) is 36.8 Å². The number of benzene rings is 1. The van der Waals surface area contributed by atoms with Crippen LogP contribution in [0.5, 0.6) is 0 Å². The second-order valence-corrected chi connectivity index (χ2v) is 8.24. The van der Waals surface area contributed by atoms with Gasteiger partial charge in [0.2, 0.25) is 11.8 Å². The predicted octanol–water partition coefficient (Wildman–Crippen LogP) is 2.09. The molecule has 1 aromatic carbocycles. The SMILES string of the molecule is CC(=O)N1CC2(CCN(C(=O)CSc3ccccc3)CC2)CC1C(=O)O. The van der Waals surface area contributed by atoms with Gasteiger partial charge >= 0.3 is 5.97 Å². The summed E-state index contributed by atoms with van der Waals surface area (Å²) in [5, 5.41) is 9.40. The van der Waals surface area contributed by atoms with Crippen molar-refractivity contribution in [2.45, 2.75) is 37.1 Å². The highest BCUT2D eigenvalue weighted by molar-refractivity contribution is 8.00. The quantitative estimate of drug-likeness (QED) is 0.814. The van der Waals surface area contributed by atoms with E-state index < -0.39 is 12.0 Å². The summed E-state index contributed by atoms with van der Waals surface area (Å²) < 4.78 is 0. The van der Waals surface area contributed by atoms with Gasteiger partial charge < -0.3 is 14.9 Å². The molecule has 2 aliphatic rings. The molecule has 2 fully saturated rings. The number of aliphatic carboxylic acids is 1. The number of nitrogens with zero attached hydrogens (tertiary/aromatic N) is 2. The molecular formula is C19H24N2O4S. The smallest absolute Gasteiger partial charge is 0.326 e. The van der Waals surface area contributed by atoms with Crippen molar-refractivity contribution in [3.05, 3.63) is 30.3 Å². The average molecular weight is 376 g/mol. The van der Waals surface area contributed by atoms with Crippen molar-refractivity contribution in [3.63, 3.8) is 0 Å². The fourth-order valence-corrected chi connectivity index (χ4v) is 4.78. The fraction of sp³-hybridized carbons (Fsp3) is 0.526. The lowest BCUT2D eigenvalue weighted by molar-refractivity contribution is -0.147. The Kier molecular flexibility index (Phi) is 5.55. The van der Waals surface area contributed by atoms with E-state index in [1.54, 1.807) is 0 Å². The molecule has 0 saturated carbocycles. The van der Waals surface area contributed by atoms with Gasteiger partial charge in [-0.3, -0.25) is 9.59 Å². The number of piperidine rings is 1. The third-order valence-electron chi connectivity index (χ3n) is 5.48. The fourth-order valence-electron chi connectivity index (χ4n) is 3.95. The maximum atomic E-state index is 12.5. The summed E-state index contributed by atoms with van der Waals surface area (Å²) in [4.78, 5) is 40.1. The van der Waals surface area contributed by atoms with Crippen LogP contribution in [-0.2, 0) is 14.4 Å². The lowest BCUT2D eigenvalue weighted by atomic mass is 9.76. The summed E-state index contributed by atoms with van der Waals surface area (Å²) in [6.07, 6.45) is 1.99. The van der Waals surface area contributed by atoms with E-state index in [4.69, 9.17) is 0 Å². The maximum Gasteiger partial charge on any atom is 0.326 e. The van der Waals surface area contributed by atoms with Gasteiger partial charge in [-0.2, -0.15) is 0 Å². The number of likely N-dealkylation sites (tertiary alicyclic amines) is 2. The topological polar surface area (TPSA) is 77.9 Å². The third-order valence-corrected chi connectivity index (χ3v) is 6.48. The maximum absolute atomic E-state index is 12.5. The number of rotatable bonds is 4. The van der Waals surface area contributed by atoms with Gasteiger partial charge in [0.25, 0.3) is 0 Å². The van der Waals surface area contributed by atoms with Gasteiger partial charge in [0, 0.05) is 31.5 Å². The van der Waals surface area contributed by atoms with Gasteiger partial charge in [-0.15, -0.1) is 11.8 Å². The van der Waals surface area contributed by atoms with E-state index in [0.717, 1.165) is 17.7 Å². The van der Waals surface area contributed by atoms with Crippen molar-refractivity contribution < 1.29 is 19.5 Å². The molecule has 3 rings (SSSR count). The number of hydrogen-bond donors (Lipinski definition) is 1. The molecule has 0 radical (unpaired) electrons. The Morgan fingerprint density at radius 1 is 1.19 bits per heavy atom. The first-order valence-corrected chi connectivity index (χ1v) is 9.84. The lowest BCUT2D eigenvalue weighted by Gasteiger charge is -2.39. The molecular weight excluding hydrogens is 352 g/mol. The van der Waals surface area contributed by atoms with E-state index in [1.807, 2.05) is 35.2 Å². The van der Waals surface area contributed by atoms with E-state index in [-0.39, 0.29) is 17.2 Å². The number of carbonyl (C=O) groups excluding carboxylic acids is 2. The van der Waals surface area contributed by atoms with Crippen LogP contribution in [0.15, 0.2) is 35.2 Å². The van der Waals surface area contributed by atoms with Gasteiger partial charge in [0.1, 0.15) is 6.04 Å². The monoisotopic (exact) mass is 376 g/mol. The van der Waals surface area contributed by atoms with Crippen LogP contribution < -0.4 is 0 Å². The standard InChI is InChI=1S/C19H24N2O4S/c1-14(22)21-13-19(11-16(21)18(24)25)7-9-20(10-8-19)17(23)12-26-15-5-3-2-4-6-15/h2-6,16H,7-13H2,1H3,(H,24,25). The van der Waals surface area contributed by atoms with E-state index in [0.29, 0.717) is 31.8 Å². The first-order valence-electron chi connectivity index (χ1n) is 8.86. The van der Waals surface area contributed by atoms with Crippen LogP contribution in [-0.4, -0.2) is 64.1 Å². The summed E-state index contributed by atoms with van der Waals surface area (Å²) in [6, 6.07) is 9.11. The van der Waals surface area contributed by atoms with Crippen molar-refractivity contribution in [2.75, 3.05) is 25.4 Å². The Labute approximate surface area is 157 Å². The normalized spacial score (nSPS) is 21.8. The number of thioether (sulfide) groups is 1. The first-order chi connectivity index (χ1) is 12.4. The molecule has 0 bridgehead atoms. The largest absolute Gasteiger partial charge is 0.480 e. The number of carbonyl (C=O) groups is 3. The molecule has 2 amide bonds. The minimum atomic E-state index is -0.935. The minimum absolute atomic E-state index is 0.116. The second-order valence-electron chi connectivity index (χ2n) is 7.19. The third kappa shape index (κ3) is 4.03. The van der Waals surface area contributed by atoms with Crippen LogP contribution in [0, 0.1) is 5.41 Å². The number of carboxylic acids is 1. The molecule has 1 unspecified atom stereocenters. The highest BCUT2D eigenvalue weighted by atomic mass is 32.2. The predicted molar refractivity (Wildman–Crippen MR) is 98.8 cm³/mol. The Morgan fingerprint density at radius 2 is 1.85 bits per heavy atom. The van der Waals surface area contributed by atoms with Crippen molar-refractivity contribution in [1.29, 1.82) is 0 Å². The summed E-state index contributed by atoms with van der Waals surface area (Å²) in [5.41, 5.74) is -0.169. The second kappa shape index (κ2) is 7.70. The number of carboxylic acid groups (broad SMARTS) is 1. The zero-order valence-corrected chi connectivity index (χ0v) is 15.7. The molecule has 0 aliphatic carbocycles. The van der Waals surface area contributed by atoms with E-state index >= 15 is 0 Å². The van der Waals surface area contributed by atoms with Gasteiger partial charge in [-0.1, -0.05) is 18.2 Å². The van der Waals surface area contributed by atoms with E-state index in [1.165, 1.54) is 23.6 Å². The van der Waals surface area contributed by atoms with Crippen LogP contribution in [0.25, 0.3) is 0 Å². The zero-order chi connectivity index (χ0) is 18.7. The molecule has 1 spiro atoms. The molecule has 2 saturated heterocycles. The van der Waals surface area contributed by atoms with Crippen molar-refractivity contribution in [3.8, 4) is 0 Å². The molecule has 7 heteroatoms. The molecule has 140 valence electrons. The van der Waals surface area contributed by atoms with Crippen molar-refractivity contribution in [1.82, 2.24) is 9.80 Å². The number of amides is 2. The average Bonchev–Trinajstić information content (AvgIpc) is 3.01. The summed E-state index contributed by atoms with van der Waals surface area (Å²) >= 11 is 1.53. The van der Waals surface area contributed by atoms with E-state index in [9.17, 15) is 19.5 Å². The van der Waals surface area contributed by atoms with Crippen LogP contribution in [0.1, 0.15) is 26.2 Å². The summed E-state index contributed by atoms with van der Waals surface area (Å²) in [6.45, 7) is 3.17. The van der Waals surface area contributed by atoms with Gasteiger partial charge in [0.15, 0.2) is 0 Å². The molecule has 2 aliphatic heterocycles. The Hall–Kier alpha value is -2.02.